The van der Waals surface area contributed by atoms with Gasteiger partial charge >= 0.3 is 6.09 Å². The Labute approximate surface area is 318 Å². The van der Waals surface area contributed by atoms with Gasteiger partial charge in [0, 0.05) is 91.6 Å². The van der Waals surface area contributed by atoms with Crippen molar-refractivity contribution >= 4 is 46.5 Å². The number of amides is 2. The van der Waals surface area contributed by atoms with Crippen molar-refractivity contribution in [3.63, 3.8) is 0 Å². The van der Waals surface area contributed by atoms with Gasteiger partial charge in [0.1, 0.15) is 11.2 Å². The molecule has 0 unspecified atom stereocenters. The second kappa shape index (κ2) is 14.9. The van der Waals surface area contributed by atoms with E-state index in [-0.39, 0.29) is 23.6 Å². The molecule has 2 amide bonds. The highest BCUT2D eigenvalue weighted by molar-refractivity contribution is 6.39. The number of benzene rings is 3. The third kappa shape index (κ3) is 7.76. The number of nitrogens with zero attached hydrogens (tertiary/aromatic N) is 4. The number of hydrogen-bond donors (Lipinski definition) is 2. The molecule has 5 aromatic rings. The number of likely N-dealkylation sites (N-methyl/N-ethyl adjacent to an activating group) is 1. The Bertz CT molecular complexity index is 2280. The van der Waals surface area contributed by atoms with Crippen molar-refractivity contribution in [2.24, 2.45) is 0 Å². The molecule has 274 valence electrons. The van der Waals surface area contributed by atoms with Crippen LogP contribution in [0.3, 0.4) is 0 Å². The quantitative estimate of drug-likeness (QED) is 0.177. The van der Waals surface area contributed by atoms with E-state index in [1.54, 1.807) is 17.3 Å². The number of ether oxygens (including phenoxy) is 1. The summed E-state index contributed by atoms with van der Waals surface area (Å²) in [4.78, 5) is 46.2. The van der Waals surface area contributed by atoms with Crippen LogP contribution in [0.25, 0.3) is 39.0 Å². The molecule has 3 aromatic carbocycles. The molecule has 0 spiro atoms. The first-order chi connectivity index (χ1) is 25.4. The molecule has 0 bridgehead atoms. The maximum atomic E-state index is 13.3. The molecular weight excluding hydrogens is 711 g/mol. The van der Waals surface area contributed by atoms with Crippen molar-refractivity contribution in [2.75, 3.05) is 31.6 Å². The van der Waals surface area contributed by atoms with Crippen LogP contribution >= 0.6 is 23.2 Å². The Morgan fingerprint density at radius 1 is 0.943 bits per heavy atom. The lowest BCUT2D eigenvalue weighted by molar-refractivity contribution is -0.119. The van der Waals surface area contributed by atoms with E-state index in [1.807, 2.05) is 82.4 Å². The standard InChI is InChI=1S/C41H42Cl2N6O4/c1-41(2,3)53-40(52)48-18-17-47(4)34-19-25(11-12-27(34)24-48)30-7-5-9-32(37(30)42)33-10-6-8-31(38(33)43)26-15-16-49-35(20-26)45-22-28(39(49)51)21-44-23-29-13-14-36(50)46-29/h5-12,15-16,19-20,22,29,44H,13-14,17-18,21,23-24H2,1-4H3,(H,46,50)/t29-/m0/s1. The number of nitrogens with one attached hydrogen (secondary N) is 2. The van der Waals surface area contributed by atoms with Crippen LogP contribution in [0.1, 0.15) is 44.7 Å². The zero-order valence-corrected chi connectivity index (χ0v) is 31.7. The van der Waals surface area contributed by atoms with Gasteiger partial charge in [-0.2, -0.15) is 0 Å². The molecule has 53 heavy (non-hydrogen) atoms. The van der Waals surface area contributed by atoms with E-state index in [2.05, 4.69) is 32.7 Å². The van der Waals surface area contributed by atoms with E-state index in [1.165, 1.54) is 4.40 Å². The first-order valence-electron chi connectivity index (χ1n) is 17.8. The summed E-state index contributed by atoms with van der Waals surface area (Å²) in [5, 5.41) is 7.30. The zero-order chi connectivity index (χ0) is 37.4. The van der Waals surface area contributed by atoms with E-state index in [0.717, 1.165) is 51.1 Å². The van der Waals surface area contributed by atoms with Crippen molar-refractivity contribution in [1.29, 1.82) is 0 Å². The predicted octanol–water partition coefficient (Wildman–Crippen LogP) is 7.56. The number of carbonyl (C=O) groups is 2. The monoisotopic (exact) mass is 752 g/mol. The molecule has 2 N–H and O–H groups in total. The van der Waals surface area contributed by atoms with Crippen molar-refractivity contribution in [1.82, 2.24) is 24.9 Å². The number of anilines is 1. The van der Waals surface area contributed by atoms with Gasteiger partial charge in [-0.1, -0.05) is 71.7 Å². The third-order valence-corrected chi connectivity index (χ3v) is 10.5. The molecule has 2 aliphatic rings. The number of fused-ring (bicyclic) bond motifs is 2. The van der Waals surface area contributed by atoms with Gasteiger partial charge in [0.05, 0.1) is 16.6 Å². The summed E-state index contributed by atoms with van der Waals surface area (Å²) in [7, 11) is 2.03. The molecule has 0 aliphatic carbocycles. The molecule has 10 nitrogen and oxygen atoms in total. The SMILES string of the molecule is CN1CCN(C(=O)OC(C)(C)C)Cc2ccc(-c3cccc(-c4cccc(-c5ccn6c(=O)c(CNC[C@@H]7CCC(=O)N7)cnc6c5)c4Cl)c3Cl)cc21. The van der Waals surface area contributed by atoms with Crippen LogP contribution in [0.5, 0.6) is 0 Å². The number of aromatic nitrogens is 2. The van der Waals surface area contributed by atoms with Gasteiger partial charge in [-0.25, -0.2) is 9.78 Å². The van der Waals surface area contributed by atoms with Crippen LogP contribution in [0.2, 0.25) is 10.0 Å². The summed E-state index contributed by atoms with van der Waals surface area (Å²) in [6.07, 6.45) is 4.32. The maximum Gasteiger partial charge on any atom is 0.410 e. The summed E-state index contributed by atoms with van der Waals surface area (Å²) in [5.41, 5.74) is 7.36. The van der Waals surface area contributed by atoms with Crippen molar-refractivity contribution in [3.05, 3.63) is 111 Å². The number of rotatable bonds is 7. The van der Waals surface area contributed by atoms with E-state index >= 15 is 0 Å². The van der Waals surface area contributed by atoms with Gasteiger partial charge in [0.2, 0.25) is 5.91 Å². The largest absolute Gasteiger partial charge is 0.444 e. The van der Waals surface area contributed by atoms with Crippen molar-refractivity contribution in [2.45, 2.75) is 58.3 Å². The lowest BCUT2D eigenvalue weighted by atomic mass is 9.95. The first kappa shape index (κ1) is 36.5. The zero-order valence-electron chi connectivity index (χ0n) is 30.2. The summed E-state index contributed by atoms with van der Waals surface area (Å²) < 4.78 is 7.19. The Balaban J connectivity index is 1.14. The van der Waals surface area contributed by atoms with E-state index in [0.29, 0.717) is 60.4 Å². The Morgan fingerprint density at radius 3 is 2.28 bits per heavy atom. The first-order valence-corrected chi connectivity index (χ1v) is 18.5. The molecule has 1 atom stereocenters. The van der Waals surface area contributed by atoms with Crippen LogP contribution in [-0.4, -0.2) is 64.6 Å². The molecule has 4 heterocycles. The topological polar surface area (TPSA) is 108 Å². The fourth-order valence-electron chi connectivity index (χ4n) is 6.92. The second-order valence-corrected chi connectivity index (χ2v) is 15.4. The van der Waals surface area contributed by atoms with E-state index < -0.39 is 5.60 Å². The highest BCUT2D eigenvalue weighted by Crippen LogP contribution is 2.43. The molecule has 0 saturated carbocycles. The summed E-state index contributed by atoms with van der Waals surface area (Å²) in [6, 6.07) is 21.8. The van der Waals surface area contributed by atoms with Gasteiger partial charge in [-0.05, 0) is 62.1 Å². The second-order valence-electron chi connectivity index (χ2n) is 14.7. The van der Waals surface area contributed by atoms with Crippen LogP contribution in [0, 0.1) is 0 Å². The number of halogens is 2. The predicted molar refractivity (Wildman–Crippen MR) is 211 cm³/mol. The minimum Gasteiger partial charge on any atom is -0.444 e. The molecule has 12 heteroatoms. The van der Waals surface area contributed by atoms with Gasteiger partial charge in [-0.15, -0.1) is 0 Å². The van der Waals surface area contributed by atoms with Gasteiger partial charge in [0.15, 0.2) is 0 Å². The lowest BCUT2D eigenvalue weighted by Crippen LogP contribution is -2.38. The summed E-state index contributed by atoms with van der Waals surface area (Å²) in [6.45, 7) is 8.22. The molecule has 7 rings (SSSR count). The fourth-order valence-corrected chi connectivity index (χ4v) is 7.59. The highest BCUT2D eigenvalue weighted by Gasteiger charge is 2.27. The van der Waals surface area contributed by atoms with Gasteiger partial charge in [0.25, 0.3) is 5.56 Å². The van der Waals surface area contributed by atoms with Gasteiger partial charge in [-0.3, -0.25) is 14.0 Å². The van der Waals surface area contributed by atoms with Crippen LogP contribution < -0.4 is 21.1 Å². The number of hydrogen-bond acceptors (Lipinski definition) is 7. The normalized spacial score (nSPS) is 16.0. The minimum absolute atomic E-state index is 0.0628. The Morgan fingerprint density at radius 2 is 1.62 bits per heavy atom. The Kier molecular flexibility index (Phi) is 10.2. The Hall–Kier alpha value is -4.90. The molecule has 1 saturated heterocycles. The lowest BCUT2D eigenvalue weighted by Gasteiger charge is -2.26. The van der Waals surface area contributed by atoms with Crippen LogP contribution in [0.15, 0.2) is 83.9 Å². The highest BCUT2D eigenvalue weighted by atomic mass is 35.5. The molecule has 0 radical (unpaired) electrons. The summed E-state index contributed by atoms with van der Waals surface area (Å²) in [5.74, 6) is 0.0628. The van der Waals surface area contributed by atoms with Crippen molar-refractivity contribution in [3.8, 4) is 33.4 Å². The van der Waals surface area contributed by atoms with Crippen LogP contribution in [0.4, 0.5) is 10.5 Å². The minimum atomic E-state index is -0.569. The average Bonchev–Trinajstić information content (AvgIpc) is 3.46. The molecule has 1 fully saturated rings. The molecule has 2 aromatic heterocycles. The third-order valence-electron chi connectivity index (χ3n) is 9.70. The maximum absolute atomic E-state index is 13.3. The van der Waals surface area contributed by atoms with E-state index in [9.17, 15) is 14.4 Å². The van der Waals surface area contributed by atoms with Crippen molar-refractivity contribution < 1.29 is 14.3 Å². The molecular formula is C41H42Cl2N6O4. The van der Waals surface area contributed by atoms with Crippen LogP contribution in [-0.2, 0) is 22.6 Å². The average molecular weight is 754 g/mol. The fraction of sp³-hybridized carbons (Fsp3) is 0.317. The smallest absolute Gasteiger partial charge is 0.410 e. The number of pyridine rings is 1. The van der Waals surface area contributed by atoms with Gasteiger partial charge < -0.3 is 25.2 Å². The van der Waals surface area contributed by atoms with E-state index in [4.69, 9.17) is 27.9 Å². The summed E-state index contributed by atoms with van der Waals surface area (Å²) >= 11 is 14.4. The molecule has 2 aliphatic heterocycles. The number of carbonyl (C=O) groups excluding carboxylic acids is 2.